The molecule has 0 fully saturated rings. The van der Waals surface area contributed by atoms with E-state index in [-0.39, 0.29) is 24.2 Å². The number of aryl methyl sites for hydroxylation is 1. The van der Waals surface area contributed by atoms with E-state index >= 15 is 0 Å². The standard InChI is InChI=1S/C26H20F4N6O2S/c1-14-35-22-21(23(38-2)16-3-5-18(27)6-4-16)17(13-32-25(22)39-14)11-19(37)9-15-10-20(26(28,29)30)24(31-12-15)36-33-7-8-34-36/h3-8,10,12-13,23H,9,11H2,1-2H3. The highest BCUT2D eigenvalue weighted by Gasteiger charge is 2.36. The SMILES string of the molecule is COC(c1ccc(F)cc1)c1c(CC(=O)Cc2cnc(-n3nccn3)c(C(F)(F)F)c2)cnc2sc(C)nc12. The number of ether oxygens (including phenoxy) is 1. The van der Waals surface area contributed by atoms with E-state index in [0.717, 1.165) is 15.9 Å². The molecule has 0 saturated carbocycles. The molecule has 0 aliphatic heterocycles. The Kier molecular flexibility index (Phi) is 7.19. The minimum Gasteiger partial charge on any atom is -0.372 e. The summed E-state index contributed by atoms with van der Waals surface area (Å²) in [5.41, 5.74) is 1.34. The van der Waals surface area contributed by atoms with E-state index in [1.165, 1.54) is 49.2 Å². The lowest BCUT2D eigenvalue weighted by atomic mass is 9.93. The largest absolute Gasteiger partial charge is 0.420 e. The molecule has 1 unspecified atom stereocenters. The van der Waals surface area contributed by atoms with Crippen LogP contribution in [0.15, 0.2) is 55.1 Å². The van der Waals surface area contributed by atoms with Gasteiger partial charge >= 0.3 is 6.18 Å². The molecule has 5 aromatic rings. The summed E-state index contributed by atoms with van der Waals surface area (Å²) in [6.07, 6.45) is -0.622. The predicted molar refractivity (Wildman–Crippen MR) is 134 cm³/mol. The Bertz CT molecular complexity index is 1640. The van der Waals surface area contributed by atoms with Crippen molar-refractivity contribution in [3.8, 4) is 5.82 Å². The van der Waals surface area contributed by atoms with Crippen LogP contribution >= 0.6 is 11.3 Å². The topological polar surface area (TPSA) is 95.7 Å². The van der Waals surface area contributed by atoms with Crippen molar-refractivity contribution in [3.63, 3.8) is 0 Å². The number of carbonyl (C=O) groups is 1. The minimum absolute atomic E-state index is 0.0881. The molecule has 1 aromatic carbocycles. The number of carbonyl (C=O) groups excluding carboxylic acids is 1. The molecule has 8 nitrogen and oxygen atoms in total. The summed E-state index contributed by atoms with van der Waals surface area (Å²) in [5, 5.41) is 8.22. The third-order valence-electron chi connectivity index (χ3n) is 5.95. The quantitative estimate of drug-likeness (QED) is 0.242. The first kappa shape index (κ1) is 26.5. The number of ketones is 1. The number of alkyl halides is 3. The van der Waals surface area contributed by atoms with Gasteiger partial charge in [0.1, 0.15) is 33.6 Å². The molecule has 0 saturated heterocycles. The zero-order valence-electron chi connectivity index (χ0n) is 20.6. The molecule has 39 heavy (non-hydrogen) atoms. The fourth-order valence-corrected chi connectivity index (χ4v) is 5.10. The predicted octanol–water partition coefficient (Wildman–Crippen LogP) is 5.22. The molecule has 0 N–H and O–H groups in total. The molecule has 0 spiro atoms. The molecule has 0 radical (unpaired) electrons. The number of thiazole rings is 1. The molecule has 200 valence electrons. The summed E-state index contributed by atoms with van der Waals surface area (Å²) in [6.45, 7) is 1.83. The van der Waals surface area contributed by atoms with Gasteiger partial charge in [-0.3, -0.25) is 4.79 Å². The molecule has 0 bridgehead atoms. The van der Waals surface area contributed by atoms with Crippen LogP contribution in [0.5, 0.6) is 0 Å². The molecule has 13 heteroatoms. The van der Waals surface area contributed by atoms with Gasteiger partial charge in [0.15, 0.2) is 5.82 Å². The van der Waals surface area contributed by atoms with Crippen LogP contribution in [-0.2, 0) is 28.5 Å². The van der Waals surface area contributed by atoms with Crippen molar-refractivity contribution in [2.24, 2.45) is 0 Å². The Labute approximate surface area is 223 Å². The van der Waals surface area contributed by atoms with E-state index in [0.29, 0.717) is 27.0 Å². The molecular formula is C26H20F4N6O2S. The van der Waals surface area contributed by atoms with Gasteiger partial charge in [0.2, 0.25) is 0 Å². The van der Waals surface area contributed by atoms with Crippen molar-refractivity contribution in [2.75, 3.05) is 7.11 Å². The normalized spacial score (nSPS) is 12.7. The number of benzene rings is 1. The van der Waals surface area contributed by atoms with E-state index < -0.39 is 29.5 Å². The molecule has 5 rings (SSSR count). The third-order valence-corrected chi connectivity index (χ3v) is 6.83. The minimum atomic E-state index is -4.74. The second-order valence-corrected chi connectivity index (χ2v) is 9.86. The van der Waals surface area contributed by atoms with E-state index in [4.69, 9.17) is 4.74 Å². The summed E-state index contributed by atoms with van der Waals surface area (Å²) in [5.74, 6) is -1.26. The first-order chi connectivity index (χ1) is 18.6. The van der Waals surface area contributed by atoms with E-state index in [9.17, 15) is 22.4 Å². The van der Waals surface area contributed by atoms with Gasteiger partial charge in [-0.2, -0.15) is 23.4 Å². The lowest BCUT2D eigenvalue weighted by molar-refractivity contribution is -0.138. The Morgan fingerprint density at radius 3 is 2.46 bits per heavy atom. The molecule has 0 amide bonds. The molecule has 4 aromatic heterocycles. The van der Waals surface area contributed by atoms with Gasteiger partial charge in [0.05, 0.1) is 17.4 Å². The van der Waals surface area contributed by atoms with E-state index in [1.807, 2.05) is 6.92 Å². The van der Waals surface area contributed by atoms with E-state index in [1.54, 1.807) is 18.3 Å². The molecule has 0 aliphatic rings. The van der Waals surface area contributed by atoms with Gasteiger partial charge in [0, 0.05) is 37.9 Å². The Hall–Kier alpha value is -4.10. The summed E-state index contributed by atoms with van der Waals surface area (Å²) < 4.78 is 60.7. The Morgan fingerprint density at radius 2 is 1.79 bits per heavy atom. The number of methoxy groups -OCH3 is 1. The van der Waals surface area contributed by atoms with Crippen molar-refractivity contribution in [1.29, 1.82) is 0 Å². The maximum Gasteiger partial charge on any atom is 0.420 e. The lowest BCUT2D eigenvalue weighted by Gasteiger charge is -2.20. The van der Waals surface area contributed by atoms with Crippen molar-refractivity contribution in [1.82, 2.24) is 29.9 Å². The zero-order chi connectivity index (χ0) is 27.7. The van der Waals surface area contributed by atoms with Crippen LogP contribution in [0.25, 0.3) is 16.2 Å². The van der Waals surface area contributed by atoms with Crippen molar-refractivity contribution in [3.05, 3.63) is 93.8 Å². The van der Waals surface area contributed by atoms with Gasteiger partial charge in [-0.1, -0.05) is 23.5 Å². The van der Waals surface area contributed by atoms with Gasteiger partial charge in [0.25, 0.3) is 0 Å². The number of aromatic nitrogens is 6. The first-order valence-electron chi connectivity index (χ1n) is 11.6. The number of Topliss-reactive ketones (excluding diaryl/α,β-unsaturated/α-hetero) is 1. The highest BCUT2D eigenvalue weighted by Crippen LogP contribution is 2.36. The van der Waals surface area contributed by atoms with E-state index in [2.05, 4.69) is 25.1 Å². The zero-order valence-corrected chi connectivity index (χ0v) is 21.4. The second-order valence-electron chi connectivity index (χ2n) is 8.67. The van der Waals surface area contributed by atoms with Crippen LogP contribution in [0, 0.1) is 12.7 Å². The first-order valence-corrected chi connectivity index (χ1v) is 12.4. The smallest absolute Gasteiger partial charge is 0.372 e. The Morgan fingerprint density at radius 1 is 1.08 bits per heavy atom. The van der Waals surface area contributed by atoms with Crippen molar-refractivity contribution >= 4 is 27.5 Å². The number of rotatable bonds is 8. The van der Waals surface area contributed by atoms with Crippen LogP contribution in [0.2, 0.25) is 0 Å². The van der Waals surface area contributed by atoms with Crippen LogP contribution < -0.4 is 0 Å². The maximum absolute atomic E-state index is 13.8. The Balaban J connectivity index is 1.49. The van der Waals surface area contributed by atoms with Crippen molar-refractivity contribution < 1.29 is 27.1 Å². The van der Waals surface area contributed by atoms with Gasteiger partial charge < -0.3 is 4.74 Å². The second kappa shape index (κ2) is 10.6. The van der Waals surface area contributed by atoms with Crippen LogP contribution in [0.4, 0.5) is 17.6 Å². The summed E-state index contributed by atoms with van der Waals surface area (Å²) in [7, 11) is 1.49. The monoisotopic (exact) mass is 556 g/mol. The summed E-state index contributed by atoms with van der Waals surface area (Å²) >= 11 is 1.38. The fraction of sp³-hybridized carbons (Fsp3) is 0.231. The van der Waals surface area contributed by atoms with Crippen LogP contribution in [0.3, 0.4) is 0 Å². The molecular weight excluding hydrogens is 536 g/mol. The highest BCUT2D eigenvalue weighted by atomic mass is 32.1. The number of halogens is 4. The lowest BCUT2D eigenvalue weighted by Crippen LogP contribution is -2.17. The number of nitrogens with zero attached hydrogens (tertiary/aromatic N) is 6. The van der Waals surface area contributed by atoms with Gasteiger partial charge in [-0.15, -0.1) is 4.80 Å². The van der Waals surface area contributed by atoms with Crippen molar-refractivity contribution in [2.45, 2.75) is 32.0 Å². The molecule has 1 atom stereocenters. The van der Waals surface area contributed by atoms with Gasteiger partial charge in [-0.05, 0) is 41.8 Å². The molecule has 0 aliphatic carbocycles. The highest BCUT2D eigenvalue weighted by molar-refractivity contribution is 7.18. The number of fused-ring (bicyclic) bond motifs is 1. The average Bonchev–Trinajstić information content (AvgIpc) is 3.55. The third kappa shape index (κ3) is 5.54. The maximum atomic E-state index is 13.8. The molecule has 4 heterocycles. The number of hydrogen-bond donors (Lipinski definition) is 0. The summed E-state index contributed by atoms with van der Waals surface area (Å²) in [6, 6.07) is 6.67. The number of pyridine rings is 2. The fourth-order valence-electron chi connectivity index (χ4n) is 4.32. The summed E-state index contributed by atoms with van der Waals surface area (Å²) in [4.78, 5) is 27.5. The average molecular weight is 557 g/mol. The number of hydrogen-bond acceptors (Lipinski definition) is 8. The van der Waals surface area contributed by atoms with Crippen LogP contribution in [-0.4, -0.2) is 42.8 Å². The van der Waals surface area contributed by atoms with Crippen LogP contribution in [0.1, 0.15) is 38.9 Å². The van der Waals surface area contributed by atoms with Gasteiger partial charge in [-0.25, -0.2) is 19.3 Å².